The number of hydrogen-bond donors (Lipinski definition) is 0. The van der Waals surface area contributed by atoms with Gasteiger partial charge in [-0.2, -0.15) is 0 Å². The SMILES string of the molecule is Cc1cc(Cc2ccc(Cl)c(Cl)c2)c(Cl)cc1Cl. The van der Waals surface area contributed by atoms with Gasteiger partial charge in [-0.25, -0.2) is 0 Å². The van der Waals surface area contributed by atoms with Crippen LogP contribution in [-0.2, 0) is 6.42 Å². The molecule has 0 aromatic heterocycles. The summed E-state index contributed by atoms with van der Waals surface area (Å²) in [6.07, 6.45) is 0.702. The van der Waals surface area contributed by atoms with Gasteiger partial charge in [0.15, 0.2) is 0 Å². The van der Waals surface area contributed by atoms with Crippen molar-refractivity contribution in [3.05, 3.63) is 67.1 Å². The highest BCUT2D eigenvalue weighted by molar-refractivity contribution is 6.42. The molecule has 0 bridgehead atoms. The molecular weight excluding hydrogens is 310 g/mol. The van der Waals surface area contributed by atoms with Gasteiger partial charge in [0.1, 0.15) is 0 Å². The fraction of sp³-hybridized carbons (Fsp3) is 0.143. The Bertz CT molecular complexity index is 591. The zero-order valence-corrected chi connectivity index (χ0v) is 12.6. The largest absolute Gasteiger partial charge is 0.0840 e. The summed E-state index contributed by atoms with van der Waals surface area (Å²) >= 11 is 24.1. The van der Waals surface area contributed by atoms with Gasteiger partial charge in [-0.15, -0.1) is 0 Å². The van der Waals surface area contributed by atoms with Crippen LogP contribution < -0.4 is 0 Å². The number of aryl methyl sites for hydroxylation is 1. The molecule has 0 atom stereocenters. The molecule has 0 amide bonds. The van der Waals surface area contributed by atoms with Crippen molar-refractivity contribution in [2.75, 3.05) is 0 Å². The summed E-state index contributed by atoms with van der Waals surface area (Å²) in [7, 11) is 0. The minimum Gasteiger partial charge on any atom is -0.0840 e. The van der Waals surface area contributed by atoms with Gasteiger partial charge >= 0.3 is 0 Å². The molecule has 4 heteroatoms. The standard InChI is InChI=1S/C14H10Cl4/c1-8-4-10(13(17)7-12(8)16)5-9-2-3-11(15)14(18)6-9/h2-4,6-7H,5H2,1H3. The van der Waals surface area contributed by atoms with E-state index in [1.54, 1.807) is 12.1 Å². The van der Waals surface area contributed by atoms with Crippen molar-refractivity contribution >= 4 is 46.4 Å². The normalized spacial score (nSPS) is 10.7. The fourth-order valence-corrected chi connectivity index (χ4v) is 2.49. The minimum atomic E-state index is 0.552. The van der Waals surface area contributed by atoms with Crippen molar-refractivity contribution in [3.63, 3.8) is 0 Å². The highest BCUT2D eigenvalue weighted by Crippen LogP contribution is 2.28. The van der Waals surface area contributed by atoms with Crippen LogP contribution in [0.2, 0.25) is 20.1 Å². The molecule has 0 aliphatic heterocycles. The summed E-state index contributed by atoms with van der Waals surface area (Å²) in [6, 6.07) is 9.34. The lowest BCUT2D eigenvalue weighted by Gasteiger charge is -2.08. The average Bonchev–Trinajstić information content (AvgIpc) is 2.31. The fourth-order valence-electron chi connectivity index (χ4n) is 1.72. The van der Waals surface area contributed by atoms with Crippen LogP contribution in [0.15, 0.2) is 30.3 Å². The van der Waals surface area contributed by atoms with Crippen LogP contribution in [0.3, 0.4) is 0 Å². The predicted molar refractivity (Wildman–Crippen MR) is 80.5 cm³/mol. The third-order valence-corrected chi connectivity index (χ3v) is 4.20. The molecule has 0 N–H and O–H groups in total. The second-order valence-electron chi connectivity index (χ2n) is 4.12. The first kappa shape index (κ1) is 14.0. The Labute approximate surface area is 126 Å². The summed E-state index contributed by atoms with van der Waals surface area (Å²) < 4.78 is 0. The van der Waals surface area contributed by atoms with Gasteiger partial charge in [0, 0.05) is 10.0 Å². The molecule has 0 spiro atoms. The van der Waals surface area contributed by atoms with E-state index < -0.39 is 0 Å². The van der Waals surface area contributed by atoms with Crippen molar-refractivity contribution in [3.8, 4) is 0 Å². The summed E-state index contributed by atoms with van der Waals surface area (Å²) in [5, 5.41) is 2.45. The Hall–Kier alpha value is -0.400. The van der Waals surface area contributed by atoms with E-state index in [4.69, 9.17) is 46.4 Å². The lowest BCUT2D eigenvalue weighted by molar-refractivity contribution is 1.18. The van der Waals surface area contributed by atoms with Crippen LogP contribution in [-0.4, -0.2) is 0 Å². The molecular formula is C14H10Cl4. The van der Waals surface area contributed by atoms with E-state index in [9.17, 15) is 0 Å². The van der Waals surface area contributed by atoms with Crippen LogP contribution in [0.4, 0.5) is 0 Å². The molecule has 94 valence electrons. The first-order valence-corrected chi connectivity index (χ1v) is 6.87. The molecule has 0 aliphatic carbocycles. The van der Waals surface area contributed by atoms with E-state index in [1.165, 1.54) is 0 Å². The van der Waals surface area contributed by atoms with Gasteiger partial charge in [0.2, 0.25) is 0 Å². The van der Waals surface area contributed by atoms with Crippen molar-refractivity contribution < 1.29 is 0 Å². The van der Waals surface area contributed by atoms with Crippen molar-refractivity contribution in [2.24, 2.45) is 0 Å². The number of benzene rings is 2. The van der Waals surface area contributed by atoms with Gasteiger partial charge in [-0.1, -0.05) is 58.5 Å². The van der Waals surface area contributed by atoms with E-state index in [0.717, 1.165) is 16.7 Å². The van der Waals surface area contributed by atoms with Gasteiger partial charge in [0.25, 0.3) is 0 Å². The second kappa shape index (κ2) is 5.71. The minimum absolute atomic E-state index is 0.552. The van der Waals surface area contributed by atoms with E-state index >= 15 is 0 Å². The first-order valence-electron chi connectivity index (χ1n) is 5.36. The Morgan fingerprint density at radius 2 is 1.50 bits per heavy atom. The smallest absolute Gasteiger partial charge is 0.0595 e. The Balaban J connectivity index is 2.34. The molecule has 2 aromatic rings. The highest BCUT2D eigenvalue weighted by atomic mass is 35.5. The van der Waals surface area contributed by atoms with Gasteiger partial charge < -0.3 is 0 Å². The van der Waals surface area contributed by atoms with Crippen LogP contribution >= 0.6 is 46.4 Å². The van der Waals surface area contributed by atoms with E-state index in [-0.39, 0.29) is 0 Å². The number of halogens is 4. The van der Waals surface area contributed by atoms with Crippen molar-refractivity contribution in [1.82, 2.24) is 0 Å². The molecule has 0 fully saturated rings. The monoisotopic (exact) mass is 318 g/mol. The van der Waals surface area contributed by atoms with Gasteiger partial charge in [-0.3, -0.25) is 0 Å². The summed E-state index contributed by atoms with van der Waals surface area (Å²) in [6.45, 7) is 1.96. The summed E-state index contributed by atoms with van der Waals surface area (Å²) in [5.74, 6) is 0. The first-order chi connectivity index (χ1) is 8.47. The molecule has 0 radical (unpaired) electrons. The zero-order valence-electron chi connectivity index (χ0n) is 9.61. The molecule has 0 saturated carbocycles. The maximum Gasteiger partial charge on any atom is 0.0595 e. The van der Waals surface area contributed by atoms with Crippen LogP contribution in [0.25, 0.3) is 0 Å². The predicted octanol–water partition coefficient (Wildman–Crippen LogP) is 6.20. The van der Waals surface area contributed by atoms with Gasteiger partial charge in [-0.05, 0) is 48.2 Å². The molecule has 2 rings (SSSR count). The molecule has 0 aliphatic rings. The highest BCUT2D eigenvalue weighted by Gasteiger charge is 2.07. The summed E-state index contributed by atoms with van der Waals surface area (Å²) in [4.78, 5) is 0. The van der Waals surface area contributed by atoms with Crippen molar-refractivity contribution in [1.29, 1.82) is 0 Å². The lowest BCUT2D eigenvalue weighted by atomic mass is 10.0. The molecule has 0 saturated heterocycles. The van der Waals surface area contributed by atoms with E-state index in [2.05, 4.69) is 0 Å². The average molecular weight is 320 g/mol. The van der Waals surface area contributed by atoms with Gasteiger partial charge in [0.05, 0.1) is 10.0 Å². The topological polar surface area (TPSA) is 0 Å². The van der Waals surface area contributed by atoms with Crippen molar-refractivity contribution in [2.45, 2.75) is 13.3 Å². The summed E-state index contributed by atoms with van der Waals surface area (Å²) in [5.41, 5.74) is 3.10. The lowest BCUT2D eigenvalue weighted by Crippen LogP contribution is -1.91. The molecule has 0 nitrogen and oxygen atoms in total. The third-order valence-electron chi connectivity index (χ3n) is 2.71. The van der Waals surface area contributed by atoms with Crippen LogP contribution in [0.5, 0.6) is 0 Å². The Kier molecular flexibility index (Phi) is 4.45. The second-order valence-corrected chi connectivity index (χ2v) is 5.75. The van der Waals surface area contributed by atoms with E-state index in [1.807, 2.05) is 25.1 Å². The molecule has 18 heavy (non-hydrogen) atoms. The third kappa shape index (κ3) is 3.13. The van der Waals surface area contributed by atoms with E-state index in [0.29, 0.717) is 26.5 Å². The maximum absolute atomic E-state index is 6.18. The van der Waals surface area contributed by atoms with Crippen LogP contribution in [0, 0.1) is 6.92 Å². The maximum atomic E-state index is 6.18. The Morgan fingerprint density at radius 1 is 0.778 bits per heavy atom. The van der Waals surface area contributed by atoms with Crippen LogP contribution in [0.1, 0.15) is 16.7 Å². The molecule has 0 unspecified atom stereocenters. The zero-order chi connectivity index (χ0) is 13.3. The quantitative estimate of drug-likeness (QED) is 0.618. The number of hydrogen-bond acceptors (Lipinski definition) is 0. The Morgan fingerprint density at radius 3 is 2.17 bits per heavy atom. The molecule has 0 heterocycles. The molecule has 2 aromatic carbocycles. The number of rotatable bonds is 2.